The molecule has 0 aliphatic carbocycles. The number of aliphatic carboxylic acids is 1. The molecule has 3 N–H and O–H groups in total. The first-order valence-electron chi connectivity index (χ1n) is 10.1. The van der Waals surface area contributed by atoms with E-state index < -0.39 is 30.3 Å². The highest BCUT2D eigenvalue weighted by molar-refractivity contribution is 7.10. The Morgan fingerprint density at radius 1 is 1.09 bits per heavy atom. The van der Waals surface area contributed by atoms with Gasteiger partial charge in [0.2, 0.25) is 5.91 Å². The van der Waals surface area contributed by atoms with E-state index in [4.69, 9.17) is 5.11 Å². The van der Waals surface area contributed by atoms with Crippen LogP contribution in [0.4, 0.5) is 0 Å². The van der Waals surface area contributed by atoms with E-state index in [1.54, 1.807) is 6.07 Å². The second-order valence-electron chi connectivity index (χ2n) is 7.20. The van der Waals surface area contributed by atoms with Crippen LogP contribution in [0.1, 0.15) is 40.5 Å². The summed E-state index contributed by atoms with van der Waals surface area (Å²) in [5.74, 6) is -2.41. The molecule has 0 radical (unpaired) electrons. The van der Waals surface area contributed by atoms with Gasteiger partial charge < -0.3 is 20.5 Å². The largest absolute Gasteiger partial charge is 0.481 e. The van der Waals surface area contributed by atoms with Crippen LogP contribution < -0.4 is 10.6 Å². The van der Waals surface area contributed by atoms with Gasteiger partial charge in [0.25, 0.3) is 5.91 Å². The summed E-state index contributed by atoms with van der Waals surface area (Å²) < 4.78 is 0. The van der Waals surface area contributed by atoms with Gasteiger partial charge in [0, 0.05) is 16.8 Å². The van der Waals surface area contributed by atoms with Crippen molar-refractivity contribution < 1.29 is 24.3 Å². The molecular weight excluding hydrogens is 430 g/mol. The summed E-state index contributed by atoms with van der Waals surface area (Å²) in [5.41, 5.74) is 1.06. The zero-order chi connectivity index (χ0) is 22.9. The van der Waals surface area contributed by atoms with Gasteiger partial charge in [0.05, 0.1) is 23.9 Å². The lowest BCUT2D eigenvalue weighted by Crippen LogP contribution is -2.40. The average Bonchev–Trinajstić information content (AvgIpc) is 3.32. The second kappa shape index (κ2) is 11.1. The van der Waals surface area contributed by atoms with Gasteiger partial charge in [0.1, 0.15) is 12.0 Å². The number of thiophene rings is 1. The fraction of sp³-hybridized carbons (Fsp3) is 0.261. The minimum atomic E-state index is -1.17. The number of nitrogens with one attached hydrogen (secondary N) is 2. The highest BCUT2D eigenvalue weighted by Crippen LogP contribution is 2.26. The molecule has 1 aromatic carbocycles. The Hall–Kier alpha value is -3.59. The fourth-order valence-corrected chi connectivity index (χ4v) is 4.15. The summed E-state index contributed by atoms with van der Waals surface area (Å²) in [5, 5.41) is 17.0. The molecule has 0 saturated carbocycles. The van der Waals surface area contributed by atoms with Gasteiger partial charge >= 0.3 is 5.97 Å². The van der Waals surface area contributed by atoms with Crippen molar-refractivity contribution in [3.8, 4) is 0 Å². The molecule has 2 amide bonds. The van der Waals surface area contributed by atoms with E-state index in [0.29, 0.717) is 31.4 Å². The van der Waals surface area contributed by atoms with Gasteiger partial charge in [-0.3, -0.25) is 14.4 Å². The van der Waals surface area contributed by atoms with Crippen molar-refractivity contribution in [2.24, 2.45) is 0 Å². The van der Waals surface area contributed by atoms with Crippen LogP contribution in [0.25, 0.3) is 10.9 Å². The van der Waals surface area contributed by atoms with Crippen molar-refractivity contribution in [3.05, 3.63) is 64.5 Å². The minimum Gasteiger partial charge on any atom is -0.481 e. The number of pyridine rings is 1. The summed E-state index contributed by atoms with van der Waals surface area (Å²) >= 11 is 1.41. The number of aromatic nitrogens is 1. The SMILES string of the molecule is O=C[C@@H](CC(=O)O)NC(=O)C(CCCNC(=O)c1ccc2ccccc2n1)c1cccs1. The lowest BCUT2D eigenvalue weighted by Gasteiger charge is -2.18. The van der Waals surface area contributed by atoms with Crippen LogP contribution in [0.5, 0.6) is 0 Å². The number of carbonyl (C=O) groups is 4. The third-order valence-electron chi connectivity index (χ3n) is 4.88. The maximum atomic E-state index is 12.7. The molecular formula is C23H23N3O5S. The third-order valence-corrected chi connectivity index (χ3v) is 5.86. The van der Waals surface area contributed by atoms with Crippen LogP contribution in [0.15, 0.2) is 53.9 Å². The van der Waals surface area contributed by atoms with Crippen molar-refractivity contribution in [2.75, 3.05) is 6.54 Å². The third kappa shape index (κ3) is 6.21. The number of carboxylic acids is 1. The van der Waals surface area contributed by atoms with Crippen molar-refractivity contribution in [1.29, 1.82) is 0 Å². The molecule has 2 heterocycles. The minimum absolute atomic E-state index is 0.296. The number of aldehydes is 1. The molecule has 0 saturated heterocycles. The van der Waals surface area contributed by atoms with E-state index in [0.717, 1.165) is 15.8 Å². The number of rotatable bonds is 11. The van der Waals surface area contributed by atoms with Crippen molar-refractivity contribution >= 4 is 46.3 Å². The summed E-state index contributed by atoms with van der Waals surface area (Å²) in [7, 11) is 0. The quantitative estimate of drug-likeness (QED) is 0.303. The molecule has 166 valence electrons. The molecule has 2 aromatic heterocycles. The van der Waals surface area contributed by atoms with Gasteiger partial charge in [-0.1, -0.05) is 30.3 Å². The van der Waals surface area contributed by atoms with Gasteiger partial charge in [-0.25, -0.2) is 4.98 Å². The summed E-state index contributed by atoms with van der Waals surface area (Å²) in [6.07, 6.45) is 0.895. The number of hydrogen-bond acceptors (Lipinski definition) is 6. The van der Waals surface area contributed by atoms with E-state index >= 15 is 0 Å². The summed E-state index contributed by atoms with van der Waals surface area (Å²) in [6.45, 7) is 0.342. The van der Waals surface area contributed by atoms with Gasteiger partial charge in [-0.05, 0) is 36.4 Å². The molecule has 0 aliphatic rings. The molecule has 3 aromatic rings. The zero-order valence-corrected chi connectivity index (χ0v) is 18.0. The Kier molecular flexibility index (Phi) is 8.04. The van der Waals surface area contributed by atoms with E-state index in [2.05, 4.69) is 15.6 Å². The van der Waals surface area contributed by atoms with Crippen LogP contribution in [-0.2, 0) is 14.4 Å². The van der Waals surface area contributed by atoms with E-state index in [1.807, 2.05) is 47.8 Å². The van der Waals surface area contributed by atoms with Crippen molar-refractivity contribution in [2.45, 2.75) is 31.2 Å². The highest BCUT2D eigenvalue weighted by atomic mass is 32.1. The predicted molar refractivity (Wildman–Crippen MR) is 121 cm³/mol. The number of carbonyl (C=O) groups excluding carboxylic acids is 3. The van der Waals surface area contributed by atoms with Gasteiger partial charge in [0.15, 0.2) is 0 Å². The number of amides is 2. The first-order valence-corrected chi connectivity index (χ1v) is 11.0. The van der Waals surface area contributed by atoms with Crippen LogP contribution in [0, 0.1) is 0 Å². The molecule has 8 nitrogen and oxygen atoms in total. The number of benzene rings is 1. The normalized spacial score (nSPS) is 12.6. The first kappa shape index (κ1) is 23.1. The zero-order valence-electron chi connectivity index (χ0n) is 17.2. The van der Waals surface area contributed by atoms with E-state index in [9.17, 15) is 19.2 Å². The van der Waals surface area contributed by atoms with E-state index in [-0.39, 0.29) is 5.91 Å². The molecule has 32 heavy (non-hydrogen) atoms. The van der Waals surface area contributed by atoms with Gasteiger partial charge in [-0.15, -0.1) is 11.3 Å². The molecule has 0 bridgehead atoms. The van der Waals surface area contributed by atoms with Crippen LogP contribution in [0.2, 0.25) is 0 Å². The monoisotopic (exact) mass is 453 g/mol. The smallest absolute Gasteiger partial charge is 0.305 e. The molecule has 9 heteroatoms. The molecule has 0 aliphatic heterocycles. The number of carboxylic acid groups (broad SMARTS) is 1. The molecule has 0 spiro atoms. The van der Waals surface area contributed by atoms with Crippen LogP contribution in [-0.4, -0.2) is 46.7 Å². The number of hydrogen-bond donors (Lipinski definition) is 3. The molecule has 1 unspecified atom stereocenters. The number of para-hydroxylation sites is 1. The lowest BCUT2D eigenvalue weighted by atomic mass is 9.99. The number of nitrogens with zero attached hydrogens (tertiary/aromatic N) is 1. The lowest BCUT2D eigenvalue weighted by molar-refractivity contribution is -0.138. The Balaban J connectivity index is 1.56. The predicted octanol–water partition coefficient (Wildman–Crippen LogP) is 2.75. The summed E-state index contributed by atoms with van der Waals surface area (Å²) in [6, 6.07) is 13.6. The molecule has 2 atom stereocenters. The highest BCUT2D eigenvalue weighted by Gasteiger charge is 2.24. The topological polar surface area (TPSA) is 125 Å². The van der Waals surface area contributed by atoms with Crippen molar-refractivity contribution in [3.63, 3.8) is 0 Å². The fourth-order valence-electron chi connectivity index (χ4n) is 3.29. The Bertz CT molecular complexity index is 1100. The van der Waals surface area contributed by atoms with Crippen LogP contribution in [0.3, 0.4) is 0 Å². The first-order chi connectivity index (χ1) is 15.5. The molecule has 0 fully saturated rings. The van der Waals surface area contributed by atoms with Crippen molar-refractivity contribution in [1.82, 2.24) is 15.6 Å². The Morgan fingerprint density at radius 3 is 2.62 bits per heavy atom. The van der Waals surface area contributed by atoms with E-state index in [1.165, 1.54) is 11.3 Å². The average molecular weight is 454 g/mol. The second-order valence-corrected chi connectivity index (χ2v) is 8.18. The molecule has 3 rings (SSSR count). The van der Waals surface area contributed by atoms with Gasteiger partial charge in [-0.2, -0.15) is 0 Å². The van der Waals surface area contributed by atoms with Crippen LogP contribution >= 0.6 is 11.3 Å². The Labute approximate surface area is 188 Å². The Morgan fingerprint density at radius 2 is 1.91 bits per heavy atom. The maximum Gasteiger partial charge on any atom is 0.305 e. The standard InChI is InChI=1S/C23H23N3O5S/c27-14-16(13-21(28)29)25-22(30)17(20-8-4-12-32-20)6-3-11-24-23(31)19-10-9-15-5-1-2-7-18(15)26-19/h1-2,4-5,7-10,12,14,16-17H,3,6,11,13H2,(H,24,31)(H,25,30)(H,28,29)/t16-,17?/m1/s1. The summed E-state index contributed by atoms with van der Waals surface area (Å²) in [4.78, 5) is 52.3. The maximum absolute atomic E-state index is 12.7. The number of fused-ring (bicyclic) bond motifs is 1.